The molecule has 368 valence electrons. The molecule has 9 amide bonds. The first-order chi connectivity index (χ1) is 33.7. The van der Waals surface area contributed by atoms with E-state index in [9.17, 15) is 48.3 Å². The number of fused-ring (bicyclic) bond motifs is 2. The topological polar surface area (TPSA) is 304 Å². The van der Waals surface area contributed by atoms with Crippen LogP contribution in [0.1, 0.15) is 71.8 Å². The third-order valence-corrected chi connectivity index (χ3v) is 11.3. The van der Waals surface area contributed by atoms with Gasteiger partial charge in [-0.3, -0.25) is 48.2 Å². The molecule has 22 nitrogen and oxygen atoms in total. The summed E-state index contributed by atoms with van der Waals surface area (Å²) >= 11 is 0. The maximum atomic E-state index is 13.4. The van der Waals surface area contributed by atoms with Crippen LogP contribution in [-0.4, -0.2) is 136 Å². The number of ether oxygens (including phenoxy) is 1. The fraction of sp³-hybridized carbons (Fsp3) is 0.354. The molecule has 0 saturated heterocycles. The number of aliphatic imine (C=N–C) groups is 1. The Labute approximate surface area is 402 Å². The zero-order valence-electron chi connectivity index (χ0n) is 38.6. The summed E-state index contributed by atoms with van der Waals surface area (Å²) in [6.45, 7) is 1.91. The smallest absolute Gasteiger partial charge is 0.410 e. The number of likely N-dealkylation sites (N-methyl/N-ethyl adjacent to an activating group) is 1. The molecule has 3 aliphatic rings. The van der Waals surface area contributed by atoms with E-state index in [2.05, 4.69) is 36.6 Å². The Hall–Kier alpha value is -8.27. The molecule has 0 spiro atoms. The Morgan fingerprint density at radius 3 is 2.23 bits per heavy atom. The van der Waals surface area contributed by atoms with Gasteiger partial charge in [-0.1, -0.05) is 24.6 Å². The third-order valence-electron chi connectivity index (χ3n) is 11.3. The lowest BCUT2D eigenvalue weighted by Gasteiger charge is -2.28. The van der Waals surface area contributed by atoms with Crippen molar-refractivity contribution in [2.75, 3.05) is 63.1 Å². The number of pyridine rings is 1. The second-order valence-electron chi connectivity index (χ2n) is 16.4. The number of carbonyl (C=O) groups excluding carboxylic acids is 9. The highest BCUT2D eigenvalue weighted by Gasteiger charge is 2.25. The quantitative estimate of drug-likeness (QED) is 0.0588. The molecule has 70 heavy (non-hydrogen) atoms. The number of anilines is 2. The molecule has 0 fully saturated rings. The molecule has 4 heterocycles. The Morgan fingerprint density at radius 2 is 1.53 bits per heavy atom. The van der Waals surface area contributed by atoms with Gasteiger partial charge in [0.25, 0.3) is 17.7 Å². The summed E-state index contributed by atoms with van der Waals surface area (Å²) in [5.41, 5.74) is 10.9. The summed E-state index contributed by atoms with van der Waals surface area (Å²) in [6, 6.07) is 13.2. The molecule has 3 aromatic rings. The van der Waals surface area contributed by atoms with Gasteiger partial charge in [-0.2, -0.15) is 0 Å². The molecular weight excluding hydrogens is 907 g/mol. The van der Waals surface area contributed by atoms with E-state index in [1.165, 1.54) is 22.0 Å². The van der Waals surface area contributed by atoms with Gasteiger partial charge in [0.05, 0.1) is 50.4 Å². The van der Waals surface area contributed by atoms with Gasteiger partial charge >= 0.3 is 6.09 Å². The number of amidine groups is 1. The van der Waals surface area contributed by atoms with Crippen molar-refractivity contribution in [2.45, 2.75) is 58.6 Å². The third kappa shape index (κ3) is 14.6. The van der Waals surface area contributed by atoms with Crippen LogP contribution in [0.5, 0.6) is 0 Å². The van der Waals surface area contributed by atoms with E-state index in [4.69, 9.17) is 10.5 Å². The van der Waals surface area contributed by atoms with Crippen LogP contribution in [0.2, 0.25) is 0 Å². The standard InChI is InChI=1S/C48H55N11O11/c1-2-57(18-19-60)47(68)33-20-31-9-10-32(22-38(31)56-39(49)23-33)46(67)55-36-21-34-28-58(17-15-37(34)50-24-36)48(69)70-29-30-7-11-35(12-8-30)54-43(64)27-53-42(63)26-52-41(62)25-51-40(61)6-4-3-5-16-59-44(65)13-14-45(59)66/h7-14,20-22,24,60H,2-6,15-19,23,25-29H2,1H3,(H2,49,56)(H,51,61)(H,52,62)(H,53,63)(H,54,64)(H,55,67). The summed E-state index contributed by atoms with van der Waals surface area (Å²) in [5.74, 6) is -3.29. The first kappa shape index (κ1) is 51.1. The molecular formula is C48H55N11O11. The minimum Gasteiger partial charge on any atom is -0.445 e. The van der Waals surface area contributed by atoms with Crippen LogP contribution in [0.25, 0.3) is 6.08 Å². The number of hydrogen-bond donors (Lipinski definition) is 7. The average molecular weight is 962 g/mol. The highest BCUT2D eigenvalue weighted by molar-refractivity contribution is 6.13. The normalized spacial score (nSPS) is 13.7. The number of nitrogens with one attached hydrogen (secondary N) is 5. The van der Waals surface area contributed by atoms with Gasteiger partial charge in [-0.15, -0.1) is 0 Å². The Bertz CT molecular complexity index is 2590. The molecule has 8 N–H and O–H groups in total. The number of hydrogen-bond acceptors (Lipinski definition) is 14. The second-order valence-corrected chi connectivity index (χ2v) is 16.4. The molecule has 2 aromatic carbocycles. The highest BCUT2D eigenvalue weighted by Crippen LogP contribution is 2.29. The van der Waals surface area contributed by atoms with Crippen LogP contribution in [-0.2, 0) is 57.9 Å². The molecule has 0 unspecified atom stereocenters. The Balaban J connectivity index is 0.872. The van der Waals surface area contributed by atoms with Crippen LogP contribution < -0.4 is 32.3 Å². The number of unbranched alkanes of at least 4 members (excludes halogenated alkanes) is 2. The lowest BCUT2D eigenvalue weighted by Crippen LogP contribution is -2.43. The molecule has 22 heteroatoms. The summed E-state index contributed by atoms with van der Waals surface area (Å²) in [6.07, 6.45) is 7.51. The molecule has 0 aliphatic carbocycles. The van der Waals surface area contributed by atoms with Crippen molar-refractivity contribution >= 4 is 82.3 Å². The predicted octanol–water partition coefficient (Wildman–Crippen LogP) is 1.42. The second kappa shape index (κ2) is 24.7. The zero-order valence-corrected chi connectivity index (χ0v) is 38.6. The van der Waals surface area contributed by atoms with E-state index >= 15 is 0 Å². The summed E-state index contributed by atoms with van der Waals surface area (Å²) < 4.78 is 5.58. The number of carbonyl (C=O) groups is 9. The number of nitrogens with zero attached hydrogens (tertiary/aromatic N) is 5. The molecule has 3 aliphatic heterocycles. The lowest BCUT2D eigenvalue weighted by atomic mass is 10.0. The predicted molar refractivity (Wildman–Crippen MR) is 255 cm³/mol. The Kier molecular flexibility index (Phi) is 18.0. The number of rotatable bonds is 21. The van der Waals surface area contributed by atoms with E-state index < -0.39 is 36.3 Å². The maximum absolute atomic E-state index is 13.4. The number of aliphatic hydroxyl groups excluding tert-OH is 1. The monoisotopic (exact) mass is 961 g/mol. The highest BCUT2D eigenvalue weighted by atomic mass is 16.6. The van der Waals surface area contributed by atoms with Crippen molar-refractivity contribution in [1.82, 2.24) is 35.6 Å². The van der Waals surface area contributed by atoms with Gasteiger partial charge in [-0.25, -0.2) is 9.79 Å². The van der Waals surface area contributed by atoms with Crippen LogP contribution in [0.3, 0.4) is 0 Å². The van der Waals surface area contributed by atoms with Crippen LogP contribution >= 0.6 is 0 Å². The van der Waals surface area contributed by atoms with Crippen molar-refractivity contribution in [1.29, 1.82) is 0 Å². The molecule has 0 atom stereocenters. The van der Waals surface area contributed by atoms with Gasteiger partial charge in [0.2, 0.25) is 29.5 Å². The fourth-order valence-electron chi connectivity index (χ4n) is 7.51. The fourth-order valence-corrected chi connectivity index (χ4v) is 7.51. The first-order valence-electron chi connectivity index (χ1n) is 22.7. The van der Waals surface area contributed by atoms with Crippen LogP contribution in [0.4, 0.5) is 21.9 Å². The number of amides is 9. The van der Waals surface area contributed by atoms with Crippen molar-refractivity contribution in [3.05, 3.63) is 100 Å². The van der Waals surface area contributed by atoms with Crippen LogP contribution in [0.15, 0.2) is 77.4 Å². The molecule has 1 aromatic heterocycles. The van der Waals surface area contributed by atoms with Crippen molar-refractivity contribution in [2.24, 2.45) is 10.7 Å². The number of aliphatic hydroxyl groups is 1. The van der Waals surface area contributed by atoms with Crippen molar-refractivity contribution in [3.8, 4) is 0 Å². The zero-order chi connectivity index (χ0) is 50.2. The lowest BCUT2D eigenvalue weighted by molar-refractivity contribution is -0.137. The molecule has 0 bridgehead atoms. The van der Waals surface area contributed by atoms with E-state index in [1.807, 2.05) is 6.92 Å². The summed E-state index contributed by atoms with van der Waals surface area (Å²) in [7, 11) is 0. The van der Waals surface area contributed by atoms with E-state index in [0.717, 1.165) is 16.2 Å². The number of benzene rings is 2. The number of nitrogens with two attached hydrogens (primary N) is 1. The van der Waals surface area contributed by atoms with E-state index in [0.29, 0.717) is 78.1 Å². The van der Waals surface area contributed by atoms with Gasteiger partial charge in [0.1, 0.15) is 12.4 Å². The average Bonchev–Trinajstić information content (AvgIpc) is 3.56. The van der Waals surface area contributed by atoms with Crippen molar-refractivity contribution in [3.63, 3.8) is 0 Å². The summed E-state index contributed by atoms with van der Waals surface area (Å²) in [5, 5.41) is 22.1. The molecule has 6 rings (SSSR count). The number of imide groups is 1. The van der Waals surface area contributed by atoms with Gasteiger partial charge in [0, 0.05) is 85.7 Å². The Morgan fingerprint density at radius 1 is 0.829 bits per heavy atom. The van der Waals surface area contributed by atoms with E-state index in [-0.39, 0.29) is 88.2 Å². The van der Waals surface area contributed by atoms with Crippen molar-refractivity contribution < 1.29 is 53.0 Å². The maximum Gasteiger partial charge on any atom is 0.410 e. The molecule has 0 radical (unpaired) electrons. The first-order valence-corrected chi connectivity index (χ1v) is 22.7. The largest absolute Gasteiger partial charge is 0.445 e. The SMILES string of the molecule is CCN(CCO)C(=O)C1=Cc2ccc(C(=O)Nc3cnc4c(c3)CN(C(=O)OCc3ccc(NC(=O)CNC(=O)CNC(=O)CNC(=O)CCCCCN5C(=O)C=CC5=O)cc3)CC4)cc2N=C(N)C1. The van der Waals surface area contributed by atoms with Crippen LogP contribution in [0, 0.1) is 0 Å². The van der Waals surface area contributed by atoms with Gasteiger partial charge in [-0.05, 0) is 67.3 Å². The molecule has 0 saturated carbocycles. The minimum atomic E-state index is -0.623. The van der Waals surface area contributed by atoms with Gasteiger partial charge < -0.3 is 52.0 Å². The minimum absolute atomic E-state index is 0.0493. The van der Waals surface area contributed by atoms with Gasteiger partial charge in [0.15, 0.2) is 0 Å². The summed E-state index contributed by atoms with van der Waals surface area (Å²) in [4.78, 5) is 125. The number of aromatic nitrogens is 1. The van der Waals surface area contributed by atoms with E-state index in [1.54, 1.807) is 60.8 Å².